The zero-order valence-corrected chi connectivity index (χ0v) is 4.98. The maximum absolute atomic E-state index is 2.36. The van der Waals surface area contributed by atoms with Gasteiger partial charge in [0.15, 0.2) is 0 Å². The highest BCUT2D eigenvalue weighted by Gasteiger charge is 2.03. The largest absolute Gasteiger partial charge is 0.344 e. The Morgan fingerprint density at radius 2 is 1.71 bits per heavy atom. The van der Waals surface area contributed by atoms with Crippen LogP contribution in [-0.2, 0) is 0 Å². The lowest BCUT2D eigenvalue weighted by molar-refractivity contribution is 0.418. The number of hydrogen-bond acceptors (Lipinski definition) is 2. The normalized spacial score (nSPS) is 21.9. The van der Waals surface area contributed by atoms with Crippen LogP contribution in [0.5, 0.6) is 0 Å². The van der Waals surface area contributed by atoms with Gasteiger partial charge in [-0.25, -0.2) is 0 Å². The van der Waals surface area contributed by atoms with Gasteiger partial charge in [0.2, 0.25) is 0 Å². The Labute approximate surface area is 46.6 Å². The van der Waals surface area contributed by atoms with Gasteiger partial charge in [-0.1, -0.05) is 0 Å². The zero-order chi connectivity index (χ0) is 4.41. The monoisotopic (exact) mass is 104 g/mol. The van der Waals surface area contributed by atoms with E-state index in [0.29, 0.717) is 0 Å². The Kier molecular flexibility index (Phi) is 2.96. The fourth-order valence-corrected chi connectivity index (χ4v) is 0.875. The van der Waals surface area contributed by atoms with Crippen LogP contribution in [-0.4, -0.2) is 25.0 Å². The SMILES string of the molecule is CN1CCCC1.N.[HH]. The molecule has 0 aromatic rings. The summed E-state index contributed by atoms with van der Waals surface area (Å²) >= 11 is 0. The summed E-state index contributed by atoms with van der Waals surface area (Å²) in [4.78, 5) is 2.36. The lowest BCUT2D eigenvalue weighted by Gasteiger charge is -2.01. The first-order valence-corrected chi connectivity index (χ1v) is 2.58. The molecule has 0 atom stereocenters. The van der Waals surface area contributed by atoms with Crippen molar-refractivity contribution >= 4 is 0 Å². The van der Waals surface area contributed by atoms with Crippen LogP contribution in [0.1, 0.15) is 14.3 Å². The maximum Gasteiger partial charge on any atom is 0 e. The molecule has 0 aromatic carbocycles. The summed E-state index contributed by atoms with van der Waals surface area (Å²) < 4.78 is 0. The zero-order valence-electron chi connectivity index (χ0n) is 4.98. The van der Waals surface area contributed by atoms with Gasteiger partial charge in [0.05, 0.1) is 0 Å². The van der Waals surface area contributed by atoms with Gasteiger partial charge in [0.25, 0.3) is 0 Å². The fraction of sp³-hybridized carbons (Fsp3) is 1.00. The Balaban J connectivity index is 0. The van der Waals surface area contributed by atoms with Crippen molar-refractivity contribution in [1.82, 2.24) is 11.1 Å². The molecule has 0 aliphatic carbocycles. The maximum atomic E-state index is 2.36. The predicted molar refractivity (Wildman–Crippen MR) is 33.9 cm³/mol. The first kappa shape index (κ1) is 6.92. The van der Waals surface area contributed by atoms with Crippen LogP contribution in [0.4, 0.5) is 0 Å². The summed E-state index contributed by atoms with van der Waals surface area (Å²) in [5, 5.41) is 0. The van der Waals surface area contributed by atoms with Crippen LogP contribution < -0.4 is 6.15 Å². The number of rotatable bonds is 0. The molecule has 1 fully saturated rings. The molecule has 1 aliphatic rings. The van der Waals surface area contributed by atoms with E-state index in [1.807, 2.05) is 0 Å². The highest BCUT2D eigenvalue weighted by Crippen LogP contribution is 2.01. The minimum absolute atomic E-state index is 0. The van der Waals surface area contributed by atoms with Crippen molar-refractivity contribution in [3.8, 4) is 0 Å². The van der Waals surface area contributed by atoms with Crippen LogP contribution in [0, 0.1) is 0 Å². The van der Waals surface area contributed by atoms with Gasteiger partial charge in [0, 0.05) is 1.43 Å². The molecule has 7 heavy (non-hydrogen) atoms. The molecule has 1 aliphatic heterocycles. The Morgan fingerprint density at radius 3 is 1.86 bits per heavy atom. The average Bonchev–Trinajstić information content (AvgIpc) is 1.86. The topological polar surface area (TPSA) is 38.2 Å². The van der Waals surface area contributed by atoms with Crippen LogP contribution in [0.15, 0.2) is 0 Å². The van der Waals surface area contributed by atoms with E-state index >= 15 is 0 Å². The standard InChI is InChI=1S/C5H11N.H3N.H2/c1-6-4-2-3-5-6;;/h2-5H2,1H3;1H3;1H. The molecule has 1 rings (SSSR count). The second-order valence-corrected chi connectivity index (χ2v) is 2.01. The van der Waals surface area contributed by atoms with E-state index < -0.39 is 0 Å². The quantitative estimate of drug-likeness (QED) is 0.500. The molecule has 0 radical (unpaired) electrons. The third-order valence-corrected chi connectivity index (χ3v) is 1.33. The lowest BCUT2D eigenvalue weighted by atomic mass is 10.4. The van der Waals surface area contributed by atoms with Gasteiger partial charge in [-0.05, 0) is 33.0 Å². The third-order valence-electron chi connectivity index (χ3n) is 1.33. The molecule has 3 N–H and O–H groups in total. The summed E-state index contributed by atoms with van der Waals surface area (Å²) in [6, 6.07) is 0. The fourth-order valence-electron chi connectivity index (χ4n) is 0.875. The summed E-state index contributed by atoms with van der Waals surface area (Å²) in [7, 11) is 2.17. The smallest absolute Gasteiger partial charge is 0 e. The van der Waals surface area contributed by atoms with Crippen molar-refractivity contribution in [2.24, 2.45) is 0 Å². The van der Waals surface area contributed by atoms with E-state index in [9.17, 15) is 0 Å². The highest BCUT2D eigenvalue weighted by molar-refractivity contribution is 4.59. The second-order valence-electron chi connectivity index (χ2n) is 2.01. The minimum Gasteiger partial charge on any atom is -0.344 e. The van der Waals surface area contributed by atoms with E-state index in [-0.39, 0.29) is 7.58 Å². The Hall–Kier alpha value is -0.0800. The van der Waals surface area contributed by atoms with Crippen molar-refractivity contribution in [3.63, 3.8) is 0 Å². The summed E-state index contributed by atoms with van der Waals surface area (Å²) in [5.74, 6) is 0. The Morgan fingerprint density at radius 1 is 1.29 bits per heavy atom. The molecular weight excluding hydrogens is 88.1 g/mol. The van der Waals surface area contributed by atoms with Gasteiger partial charge in [-0.3, -0.25) is 0 Å². The molecule has 0 aromatic heterocycles. The number of hydrogen-bond donors (Lipinski definition) is 1. The van der Waals surface area contributed by atoms with Crippen molar-refractivity contribution in [2.75, 3.05) is 20.1 Å². The summed E-state index contributed by atoms with van der Waals surface area (Å²) in [6.45, 7) is 2.64. The van der Waals surface area contributed by atoms with Gasteiger partial charge < -0.3 is 11.1 Å². The van der Waals surface area contributed by atoms with Crippen LogP contribution in [0.2, 0.25) is 0 Å². The van der Waals surface area contributed by atoms with E-state index in [1.54, 1.807) is 0 Å². The predicted octanol–water partition coefficient (Wildman–Crippen LogP) is 1.12. The second kappa shape index (κ2) is 2.99. The molecule has 46 valence electrons. The van der Waals surface area contributed by atoms with Crippen LogP contribution >= 0.6 is 0 Å². The molecule has 0 unspecified atom stereocenters. The van der Waals surface area contributed by atoms with Gasteiger partial charge in [-0.15, -0.1) is 0 Å². The molecule has 1 saturated heterocycles. The molecular formula is C5H16N2. The number of likely N-dealkylation sites (tertiary alicyclic amines) is 1. The van der Waals surface area contributed by atoms with Crippen molar-refractivity contribution < 1.29 is 1.43 Å². The van der Waals surface area contributed by atoms with Crippen molar-refractivity contribution in [1.29, 1.82) is 0 Å². The van der Waals surface area contributed by atoms with Crippen molar-refractivity contribution in [2.45, 2.75) is 12.8 Å². The van der Waals surface area contributed by atoms with E-state index in [4.69, 9.17) is 0 Å². The molecule has 2 nitrogen and oxygen atoms in total. The summed E-state index contributed by atoms with van der Waals surface area (Å²) in [6.07, 6.45) is 2.83. The Bertz CT molecular complexity index is 43.7. The van der Waals surface area contributed by atoms with E-state index in [0.717, 1.165) is 0 Å². The van der Waals surface area contributed by atoms with Gasteiger partial charge in [0.1, 0.15) is 0 Å². The first-order chi connectivity index (χ1) is 2.89. The van der Waals surface area contributed by atoms with Crippen LogP contribution in [0.25, 0.3) is 0 Å². The van der Waals surface area contributed by atoms with Crippen LogP contribution in [0.3, 0.4) is 0 Å². The molecule has 0 saturated carbocycles. The highest BCUT2D eigenvalue weighted by atomic mass is 15.1. The third kappa shape index (κ3) is 1.90. The summed E-state index contributed by atoms with van der Waals surface area (Å²) in [5.41, 5.74) is 0. The first-order valence-electron chi connectivity index (χ1n) is 2.58. The molecule has 0 spiro atoms. The number of nitrogens with zero attached hydrogens (tertiary/aromatic N) is 1. The van der Waals surface area contributed by atoms with Gasteiger partial charge in [-0.2, -0.15) is 0 Å². The molecule has 0 amide bonds. The van der Waals surface area contributed by atoms with Gasteiger partial charge >= 0.3 is 0 Å². The minimum atomic E-state index is 0. The lowest BCUT2D eigenvalue weighted by Crippen LogP contribution is -2.10. The average molecular weight is 104 g/mol. The van der Waals surface area contributed by atoms with E-state index in [1.165, 1.54) is 25.9 Å². The molecule has 2 heteroatoms. The van der Waals surface area contributed by atoms with E-state index in [2.05, 4.69) is 11.9 Å². The van der Waals surface area contributed by atoms with Crippen molar-refractivity contribution in [3.05, 3.63) is 0 Å². The molecule has 0 bridgehead atoms. The molecule has 1 heterocycles.